The van der Waals surface area contributed by atoms with Crippen LogP contribution in [0.1, 0.15) is 19.8 Å². The van der Waals surface area contributed by atoms with Gasteiger partial charge in [-0.3, -0.25) is 0 Å². The Kier molecular flexibility index (Phi) is 6.23. The Labute approximate surface area is 115 Å². The van der Waals surface area contributed by atoms with E-state index >= 15 is 0 Å². The van der Waals surface area contributed by atoms with Gasteiger partial charge < -0.3 is 15.0 Å². The van der Waals surface area contributed by atoms with E-state index in [1.165, 1.54) is 0 Å². The number of piperidine rings is 1. The van der Waals surface area contributed by atoms with E-state index in [2.05, 4.69) is 21.9 Å². The van der Waals surface area contributed by atoms with E-state index in [-0.39, 0.29) is 12.6 Å². The number of hydrogen-bond acceptors (Lipinski definition) is 5. The summed E-state index contributed by atoms with van der Waals surface area (Å²) in [5.74, 6) is -2.33. The molecule has 0 aromatic heterocycles. The van der Waals surface area contributed by atoms with Gasteiger partial charge in [-0.2, -0.15) is 18.4 Å². The lowest BCUT2D eigenvalue weighted by Crippen LogP contribution is -2.45. The van der Waals surface area contributed by atoms with Crippen LogP contribution >= 0.6 is 0 Å². The van der Waals surface area contributed by atoms with Crippen molar-refractivity contribution in [2.24, 2.45) is 0 Å². The standard InChI is InChI=1S/C12H18F3N3O2/c1-2-18-5-3-9(4-6-18)17-8-10(7-16)20-11(19)12(13,14)15/h9-10,17H,2-6,8H2,1H3. The number of hydrogen-bond donors (Lipinski definition) is 1. The molecule has 1 unspecified atom stereocenters. The van der Waals surface area contributed by atoms with Crippen LogP contribution in [0.3, 0.4) is 0 Å². The number of ether oxygens (including phenoxy) is 1. The number of nitrogens with one attached hydrogen (secondary N) is 1. The fourth-order valence-corrected chi connectivity index (χ4v) is 2.04. The van der Waals surface area contributed by atoms with Crippen LogP contribution in [0.4, 0.5) is 13.2 Å². The molecule has 20 heavy (non-hydrogen) atoms. The number of rotatable bonds is 5. The van der Waals surface area contributed by atoms with Crippen molar-refractivity contribution < 1.29 is 22.7 Å². The number of carbonyl (C=O) groups is 1. The molecule has 1 saturated heterocycles. The minimum atomic E-state index is -5.07. The summed E-state index contributed by atoms with van der Waals surface area (Å²) < 4.78 is 40.1. The average molecular weight is 293 g/mol. The number of nitriles is 1. The Morgan fingerprint density at radius 3 is 2.55 bits per heavy atom. The van der Waals surface area contributed by atoms with Gasteiger partial charge in [-0.1, -0.05) is 6.92 Å². The first kappa shape index (κ1) is 16.7. The summed E-state index contributed by atoms with van der Waals surface area (Å²) in [6.45, 7) is 4.77. The van der Waals surface area contributed by atoms with Gasteiger partial charge in [0.2, 0.25) is 0 Å². The molecule has 1 fully saturated rings. The van der Waals surface area contributed by atoms with Gasteiger partial charge >= 0.3 is 12.1 Å². The Morgan fingerprint density at radius 1 is 1.50 bits per heavy atom. The van der Waals surface area contributed by atoms with Gasteiger partial charge in [0.25, 0.3) is 0 Å². The van der Waals surface area contributed by atoms with Gasteiger partial charge in [-0.15, -0.1) is 0 Å². The van der Waals surface area contributed by atoms with Crippen molar-refractivity contribution >= 4 is 5.97 Å². The molecular weight excluding hydrogens is 275 g/mol. The van der Waals surface area contributed by atoms with E-state index in [1.807, 2.05) is 0 Å². The van der Waals surface area contributed by atoms with Crippen LogP contribution in [-0.4, -0.2) is 55.4 Å². The van der Waals surface area contributed by atoms with Crippen molar-refractivity contribution in [2.75, 3.05) is 26.2 Å². The highest BCUT2D eigenvalue weighted by molar-refractivity contribution is 5.76. The maximum absolute atomic E-state index is 12.0. The van der Waals surface area contributed by atoms with Crippen molar-refractivity contribution in [2.45, 2.75) is 38.1 Å². The Hall–Kier alpha value is -1.33. The van der Waals surface area contributed by atoms with Gasteiger partial charge in [0.05, 0.1) is 0 Å². The number of likely N-dealkylation sites (tertiary alicyclic amines) is 1. The van der Waals surface area contributed by atoms with Crippen LogP contribution in [0, 0.1) is 11.3 Å². The molecular formula is C12H18F3N3O2. The van der Waals surface area contributed by atoms with E-state index in [4.69, 9.17) is 5.26 Å². The van der Waals surface area contributed by atoms with Crippen LogP contribution in [0.25, 0.3) is 0 Å². The monoisotopic (exact) mass is 293 g/mol. The predicted octanol–water partition coefficient (Wildman–Crippen LogP) is 1.06. The van der Waals surface area contributed by atoms with Gasteiger partial charge in [0.15, 0.2) is 6.10 Å². The molecule has 1 rings (SSSR count). The quantitative estimate of drug-likeness (QED) is 0.768. The molecule has 1 atom stereocenters. The Balaban J connectivity index is 2.32. The van der Waals surface area contributed by atoms with Gasteiger partial charge in [-0.25, -0.2) is 4.79 Å². The summed E-state index contributed by atoms with van der Waals surface area (Å²) >= 11 is 0. The second kappa shape index (κ2) is 7.45. The predicted molar refractivity (Wildman–Crippen MR) is 64.7 cm³/mol. The fraction of sp³-hybridized carbons (Fsp3) is 0.833. The topological polar surface area (TPSA) is 65.4 Å². The summed E-state index contributed by atoms with van der Waals surface area (Å²) in [6.07, 6.45) is -4.77. The van der Waals surface area contributed by atoms with Crippen molar-refractivity contribution in [1.29, 1.82) is 5.26 Å². The first-order valence-electron chi connectivity index (χ1n) is 6.50. The molecule has 1 aliphatic rings. The molecule has 114 valence electrons. The minimum absolute atomic E-state index is 0.0882. The lowest BCUT2D eigenvalue weighted by molar-refractivity contribution is -0.202. The van der Waals surface area contributed by atoms with E-state index < -0.39 is 18.2 Å². The molecule has 1 heterocycles. The first-order chi connectivity index (χ1) is 9.36. The van der Waals surface area contributed by atoms with Crippen LogP contribution < -0.4 is 5.32 Å². The maximum Gasteiger partial charge on any atom is 0.490 e. The van der Waals surface area contributed by atoms with Crippen molar-refractivity contribution in [3.8, 4) is 6.07 Å². The number of nitrogens with zero attached hydrogens (tertiary/aromatic N) is 2. The molecule has 0 radical (unpaired) electrons. The average Bonchev–Trinajstić information content (AvgIpc) is 2.42. The molecule has 0 amide bonds. The molecule has 1 N–H and O–H groups in total. The van der Waals surface area contributed by atoms with Crippen LogP contribution in [0.2, 0.25) is 0 Å². The van der Waals surface area contributed by atoms with Crippen molar-refractivity contribution in [1.82, 2.24) is 10.2 Å². The van der Waals surface area contributed by atoms with Crippen LogP contribution in [0.5, 0.6) is 0 Å². The summed E-state index contributed by atoms with van der Waals surface area (Å²) in [7, 11) is 0. The molecule has 0 aromatic carbocycles. The zero-order chi connectivity index (χ0) is 15.2. The molecule has 1 aliphatic heterocycles. The van der Waals surface area contributed by atoms with E-state index in [9.17, 15) is 18.0 Å². The molecule has 0 bridgehead atoms. The highest BCUT2D eigenvalue weighted by Crippen LogP contribution is 2.17. The number of halogens is 3. The largest absolute Gasteiger partial charge is 0.490 e. The Bertz CT molecular complexity index is 360. The van der Waals surface area contributed by atoms with Crippen molar-refractivity contribution in [3.05, 3.63) is 0 Å². The fourth-order valence-electron chi connectivity index (χ4n) is 2.04. The molecule has 8 heteroatoms. The smallest absolute Gasteiger partial charge is 0.439 e. The van der Waals surface area contributed by atoms with Gasteiger partial charge in [0.1, 0.15) is 6.07 Å². The minimum Gasteiger partial charge on any atom is -0.439 e. The van der Waals surface area contributed by atoms with Gasteiger partial charge in [0, 0.05) is 12.6 Å². The lowest BCUT2D eigenvalue weighted by Gasteiger charge is -2.31. The first-order valence-corrected chi connectivity index (χ1v) is 6.50. The second-order valence-corrected chi connectivity index (χ2v) is 4.64. The van der Waals surface area contributed by atoms with Crippen LogP contribution in [0.15, 0.2) is 0 Å². The van der Waals surface area contributed by atoms with Gasteiger partial charge in [-0.05, 0) is 32.5 Å². The Morgan fingerprint density at radius 2 is 2.10 bits per heavy atom. The molecule has 0 aromatic rings. The molecule has 0 aliphatic carbocycles. The number of esters is 1. The van der Waals surface area contributed by atoms with E-state index in [0.717, 1.165) is 32.5 Å². The highest BCUT2D eigenvalue weighted by Gasteiger charge is 2.42. The molecule has 0 saturated carbocycles. The SMILES string of the molecule is CCN1CCC(NCC(C#N)OC(=O)C(F)(F)F)CC1. The highest BCUT2D eigenvalue weighted by atomic mass is 19.4. The third-order valence-electron chi connectivity index (χ3n) is 3.25. The lowest BCUT2D eigenvalue weighted by atomic mass is 10.1. The van der Waals surface area contributed by atoms with Crippen LogP contribution in [-0.2, 0) is 9.53 Å². The second-order valence-electron chi connectivity index (χ2n) is 4.64. The zero-order valence-electron chi connectivity index (χ0n) is 11.2. The summed E-state index contributed by atoms with van der Waals surface area (Å²) in [5, 5.41) is 11.7. The third kappa shape index (κ3) is 5.35. The normalized spacial score (nSPS) is 19.4. The summed E-state index contributed by atoms with van der Waals surface area (Å²) in [6, 6.07) is 1.69. The molecule has 0 spiro atoms. The van der Waals surface area contributed by atoms with Crippen molar-refractivity contribution in [3.63, 3.8) is 0 Å². The molecule has 5 nitrogen and oxygen atoms in total. The summed E-state index contributed by atoms with van der Waals surface area (Å²) in [4.78, 5) is 12.9. The third-order valence-corrected chi connectivity index (χ3v) is 3.25. The summed E-state index contributed by atoms with van der Waals surface area (Å²) in [5.41, 5.74) is 0. The van der Waals surface area contributed by atoms with E-state index in [0.29, 0.717) is 0 Å². The number of alkyl halides is 3. The number of carbonyl (C=O) groups excluding carboxylic acids is 1. The maximum atomic E-state index is 12.0. The van der Waals surface area contributed by atoms with E-state index in [1.54, 1.807) is 6.07 Å². The zero-order valence-corrected chi connectivity index (χ0v) is 11.2.